The number of amides is 1. The number of aromatic nitrogens is 1. The Morgan fingerprint density at radius 3 is 2.67 bits per heavy atom. The van der Waals surface area contributed by atoms with Gasteiger partial charge in [-0.25, -0.2) is 4.79 Å². The van der Waals surface area contributed by atoms with Gasteiger partial charge in [-0.2, -0.15) is 0 Å². The van der Waals surface area contributed by atoms with Crippen LogP contribution in [-0.2, 0) is 22.5 Å². The Balaban J connectivity index is 1.67. The smallest absolute Gasteiger partial charge is 0.407 e. The number of carbonyl (C=O) groups is 1. The number of carbonyl (C=O) groups excluding carboxylic acids is 1. The number of nitrogens with zero attached hydrogens (tertiary/aromatic N) is 1. The zero-order valence-corrected chi connectivity index (χ0v) is 17.4. The summed E-state index contributed by atoms with van der Waals surface area (Å²) in [6.07, 6.45) is 4.46. The predicted molar refractivity (Wildman–Crippen MR) is 119 cm³/mol. The third kappa shape index (κ3) is 4.00. The monoisotopic (exact) mass is 403 g/mol. The van der Waals surface area contributed by atoms with E-state index in [1.165, 1.54) is 0 Å². The number of rotatable bonds is 5. The fourth-order valence-corrected chi connectivity index (χ4v) is 3.57. The van der Waals surface area contributed by atoms with Crippen molar-refractivity contribution in [3.63, 3.8) is 0 Å². The molecule has 0 aliphatic heterocycles. The highest BCUT2D eigenvalue weighted by Gasteiger charge is 2.28. The lowest BCUT2D eigenvalue weighted by molar-refractivity contribution is 0.0480. The molecule has 1 aromatic heterocycles. The molecular formula is C24H25N3O3. The van der Waals surface area contributed by atoms with Crippen LogP contribution in [0.5, 0.6) is 0 Å². The van der Waals surface area contributed by atoms with Crippen molar-refractivity contribution >= 4 is 34.4 Å². The standard InChI is InChI=1S/C24H25N3O3/c1-24(29-3)13-12-19-21(14-24)27-20-7-5-4-6-18(20)22(19)26-17-10-8-16(9-11-17)15-30-23(28)25-2/h4-13H,14-15H2,1-3H3,(H,25,28)(H,26,27). The fraction of sp³-hybridized carbons (Fsp3) is 0.250. The van der Waals surface area contributed by atoms with Crippen molar-refractivity contribution in [2.24, 2.45) is 0 Å². The predicted octanol–water partition coefficient (Wildman–Crippen LogP) is 4.81. The summed E-state index contributed by atoms with van der Waals surface area (Å²) in [6, 6.07) is 16.0. The number of ether oxygens (including phenoxy) is 2. The van der Waals surface area contributed by atoms with Crippen LogP contribution in [0.2, 0.25) is 0 Å². The average molecular weight is 403 g/mol. The molecule has 6 heteroatoms. The molecule has 1 heterocycles. The van der Waals surface area contributed by atoms with Crippen LogP contribution < -0.4 is 10.6 Å². The number of hydrogen-bond acceptors (Lipinski definition) is 5. The number of methoxy groups -OCH3 is 1. The fourth-order valence-electron chi connectivity index (χ4n) is 3.57. The second-order valence-electron chi connectivity index (χ2n) is 7.54. The number of alkyl carbamates (subject to hydrolysis) is 1. The van der Waals surface area contributed by atoms with E-state index in [1.54, 1.807) is 14.2 Å². The zero-order chi connectivity index (χ0) is 21.1. The molecule has 0 radical (unpaired) electrons. The van der Waals surface area contributed by atoms with E-state index in [1.807, 2.05) is 42.5 Å². The number of benzene rings is 2. The SMILES string of the molecule is CNC(=O)OCc1ccc(Nc2c3c(nc4ccccc24)CC(C)(OC)C=C3)cc1. The second-order valence-corrected chi connectivity index (χ2v) is 7.54. The number of nitrogens with one attached hydrogen (secondary N) is 2. The molecule has 154 valence electrons. The molecular weight excluding hydrogens is 378 g/mol. The summed E-state index contributed by atoms with van der Waals surface area (Å²) in [4.78, 5) is 16.2. The van der Waals surface area contributed by atoms with Crippen molar-refractivity contribution in [3.8, 4) is 0 Å². The maximum absolute atomic E-state index is 11.3. The van der Waals surface area contributed by atoms with Gasteiger partial charge in [0, 0.05) is 37.2 Å². The molecule has 6 nitrogen and oxygen atoms in total. The summed E-state index contributed by atoms with van der Waals surface area (Å²) in [5.74, 6) is 0. The Kier molecular flexibility index (Phi) is 5.42. The lowest BCUT2D eigenvalue weighted by Gasteiger charge is -2.29. The van der Waals surface area contributed by atoms with E-state index >= 15 is 0 Å². The summed E-state index contributed by atoms with van der Waals surface area (Å²) in [7, 11) is 3.27. The van der Waals surface area contributed by atoms with Crippen molar-refractivity contribution in [1.82, 2.24) is 10.3 Å². The first-order valence-electron chi connectivity index (χ1n) is 9.88. The van der Waals surface area contributed by atoms with E-state index in [9.17, 15) is 4.79 Å². The number of para-hydroxylation sites is 1. The second kappa shape index (κ2) is 8.16. The molecule has 2 N–H and O–H groups in total. The Bertz CT molecular complexity index is 1110. The van der Waals surface area contributed by atoms with Crippen molar-refractivity contribution in [2.45, 2.75) is 25.6 Å². The molecule has 0 spiro atoms. The van der Waals surface area contributed by atoms with Crippen molar-refractivity contribution in [1.29, 1.82) is 0 Å². The Hall–Kier alpha value is -3.38. The summed E-state index contributed by atoms with van der Waals surface area (Å²) >= 11 is 0. The van der Waals surface area contributed by atoms with Gasteiger partial charge in [0.15, 0.2) is 0 Å². The van der Waals surface area contributed by atoms with Gasteiger partial charge in [-0.05, 0) is 30.7 Å². The molecule has 0 bridgehead atoms. The first kappa shape index (κ1) is 19.9. The van der Waals surface area contributed by atoms with E-state index in [0.29, 0.717) is 6.42 Å². The molecule has 1 aliphatic carbocycles. The topological polar surface area (TPSA) is 72.5 Å². The van der Waals surface area contributed by atoms with Crippen LogP contribution in [0.1, 0.15) is 23.7 Å². The Morgan fingerprint density at radius 2 is 1.93 bits per heavy atom. The van der Waals surface area contributed by atoms with E-state index in [4.69, 9.17) is 14.5 Å². The molecule has 30 heavy (non-hydrogen) atoms. The van der Waals surface area contributed by atoms with Crippen molar-refractivity contribution in [2.75, 3.05) is 19.5 Å². The molecule has 4 rings (SSSR count). The van der Waals surface area contributed by atoms with Gasteiger partial charge in [0.25, 0.3) is 0 Å². The molecule has 3 aromatic rings. The molecule has 0 saturated heterocycles. The molecule has 1 amide bonds. The average Bonchev–Trinajstić information content (AvgIpc) is 2.78. The van der Waals surface area contributed by atoms with Gasteiger partial charge < -0.3 is 20.1 Å². The number of anilines is 2. The Morgan fingerprint density at radius 1 is 1.17 bits per heavy atom. The molecule has 2 aromatic carbocycles. The van der Waals surface area contributed by atoms with Crippen LogP contribution in [0.25, 0.3) is 17.0 Å². The maximum Gasteiger partial charge on any atom is 0.407 e. The third-order valence-corrected chi connectivity index (χ3v) is 5.39. The van der Waals surface area contributed by atoms with Gasteiger partial charge in [-0.15, -0.1) is 0 Å². The van der Waals surface area contributed by atoms with Crippen molar-refractivity contribution < 1.29 is 14.3 Å². The van der Waals surface area contributed by atoms with Gasteiger partial charge in [0.05, 0.1) is 22.5 Å². The molecule has 1 unspecified atom stereocenters. The normalized spacial score (nSPS) is 17.4. The van der Waals surface area contributed by atoms with Crippen molar-refractivity contribution in [3.05, 3.63) is 71.4 Å². The first-order valence-corrected chi connectivity index (χ1v) is 9.88. The summed E-state index contributed by atoms with van der Waals surface area (Å²) in [6.45, 7) is 2.29. The number of pyridine rings is 1. The number of fused-ring (bicyclic) bond motifs is 2. The largest absolute Gasteiger partial charge is 0.445 e. The summed E-state index contributed by atoms with van der Waals surface area (Å²) in [5, 5.41) is 7.08. The zero-order valence-electron chi connectivity index (χ0n) is 17.4. The highest BCUT2D eigenvalue weighted by Crippen LogP contribution is 2.37. The van der Waals surface area contributed by atoms with Gasteiger partial charge in [0.1, 0.15) is 6.61 Å². The maximum atomic E-state index is 11.3. The van der Waals surface area contributed by atoms with Crippen LogP contribution in [0.15, 0.2) is 54.6 Å². The summed E-state index contributed by atoms with van der Waals surface area (Å²) < 4.78 is 10.8. The third-order valence-electron chi connectivity index (χ3n) is 5.39. The lowest BCUT2D eigenvalue weighted by atomic mass is 9.88. The first-order chi connectivity index (χ1) is 14.5. The van der Waals surface area contributed by atoms with Gasteiger partial charge >= 0.3 is 6.09 Å². The van der Waals surface area contributed by atoms with Gasteiger partial charge in [0.2, 0.25) is 0 Å². The molecule has 0 saturated carbocycles. The number of hydrogen-bond donors (Lipinski definition) is 2. The van der Waals surface area contributed by atoms with Gasteiger partial charge in [-0.1, -0.05) is 42.5 Å². The Labute approximate surface area is 175 Å². The molecule has 1 aliphatic rings. The highest BCUT2D eigenvalue weighted by atomic mass is 16.5. The quantitative estimate of drug-likeness (QED) is 0.640. The van der Waals surface area contributed by atoms with E-state index in [-0.39, 0.29) is 12.2 Å². The minimum Gasteiger partial charge on any atom is -0.445 e. The van der Waals surface area contributed by atoms with Gasteiger partial charge in [-0.3, -0.25) is 4.98 Å². The minimum atomic E-state index is -0.443. The molecule has 1 atom stereocenters. The summed E-state index contributed by atoms with van der Waals surface area (Å²) in [5.41, 5.74) is 5.58. The van der Waals surface area contributed by atoms with E-state index in [2.05, 4.69) is 35.8 Å². The van der Waals surface area contributed by atoms with Crippen LogP contribution in [0, 0.1) is 0 Å². The van der Waals surface area contributed by atoms with Crippen LogP contribution in [0.4, 0.5) is 16.2 Å². The van der Waals surface area contributed by atoms with Crippen LogP contribution >= 0.6 is 0 Å². The lowest BCUT2D eigenvalue weighted by Crippen LogP contribution is -2.30. The van der Waals surface area contributed by atoms with Crippen LogP contribution in [0.3, 0.4) is 0 Å². The minimum absolute atomic E-state index is 0.228. The van der Waals surface area contributed by atoms with E-state index < -0.39 is 6.09 Å². The highest BCUT2D eigenvalue weighted by molar-refractivity contribution is 5.98. The molecule has 0 fully saturated rings. The van der Waals surface area contributed by atoms with E-state index in [0.717, 1.165) is 39.1 Å². The van der Waals surface area contributed by atoms with Crippen LogP contribution in [-0.4, -0.2) is 30.8 Å².